The number of rotatable bonds is 5. The maximum atomic E-state index is 5.28. The zero-order valence-corrected chi connectivity index (χ0v) is 5.40. The van der Waals surface area contributed by atoms with E-state index >= 15 is 0 Å². The first-order valence-electron chi connectivity index (χ1n) is 3.32. The lowest BCUT2D eigenvalue weighted by molar-refractivity contribution is 0.653. The average molecular weight is 118 g/mol. The molecule has 0 radical (unpaired) electrons. The molecule has 0 aromatic heterocycles. The Labute approximate surface area is 51.2 Å². The summed E-state index contributed by atoms with van der Waals surface area (Å²) < 4.78 is 0. The number of unbranched alkanes of at least 4 members (excludes halogenated alkanes) is 3. The second-order valence-electron chi connectivity index (χ2n) is 1.99. The van der Waals surface area contributed by atoms with Crippen molar-refractivity contribution in [1.29, 1.82) is 0 Å². The lowest BCUT2D eigenvalue weighted by Gasteiger charge is -1.94. The Morgan fingerprint density at radius 3 is 1.25 bits per heavy atom. The standard InChI is InChI=1S/C6H16N2/c7-5-3-1-2-4-6-8/h1-8H2/i5+1,6+1. The van der Waals surface area contributed by atoms with Crippen LogP contribution in [0.5, 0.6) is 0 Å². The summed E-state index contributed by atoms with van der Waals surface area (Å²) in [6.07, 6.45) is 4.79. The molecule has 2 nitrogen and oxygen atoms in total. The van der Waals surface area contributed by atoms with Gasteiger partial charge in [0.15, 0.2) is 0 Å². The van der Waals surface area contributed by atoms with E-state index in [1.54, 1.807) is 0 Å². The summed E-state index contributed by atoms with van der Waals surface area (Å²) >= 11 is 0. The van der Waals surface area contributed by atoms with Crippen molar-refractivity contribution < 1.29 is 0 Å². The molecular formula is C6H16N2. The van der Waals surface area contributed by atoms with Crippen molar-refractivity contribution in [2.24, 2.45) is 11.5 Å². The van der Waals surface area contributed by atoms with Crippen LogP contribution in [-0.2, 0) is 0 Å². The fraction of sp³-hybridized carbons (Fsp3) is 1.00. The van der Waals surface area contributed by atoms with E-state index in [4.69, 9.17) is 11.5 Å². The van der Waals surface area contributed by atoms with E-state index in [1.807, 2.05) is 0 Å². The van der Waals surface area contributed by atoms with E-state index in [2.05, 4.69) is 0 Å². The van der Waals surface area contributed by atoms with Crippen LogP contribution < -0.4 is 11.5 Å². The van der Waals surface area contributed by atoms with Crippen LogP contribution >= 0.6 is 0 Å². The van der Waals surface area contributed by atoms with Crippen LogP contribution in [0.15, 0.2) is 0 Å². The fourth-order valence-electron chi connectivity index (χ4n) is 0.642. The van der Waals surface area contributed by atoms with Gasteiger partial charge in [-0.15, -0.1) is 0 Å². The first-order chi connectivity index (χ1) is 3.91. The Morgan fingerprint density at radius 2 is 1.00 bits per heavy atom. The second-order valence-corrected chi connectivity index (χ2v) is 1.99. The summed E-state index contributed by atoms with van der Waals surface area (Å²) in [4.78, 5) is 0. The molecule has 0 unspecified atom stereocenters. The number of nitrogens with two attached hydrogens (primary N) is 2. The van der Waals surface area contributed by atoms with Crippen molar-refractivity contribution in [3.63, 3.8) is 0 Å². The predicted octanol–water partition coefficient (Wildman–Crippen LogP) is 0.464. The van der Waals surface area contributed by atoms with Gasteiger partial charge in [-0.2, -0.15) is 0 Å². The largest absolute Gasteiger partial charge is 0.330 e. The van der Waals surface area contributed by atoms with Gasteiger partial charge in [0, 0.05) is 0 Å². The van der Waals surface area contributed by atoms with Gasteiger partial charge in [0.05, 0.1) is 0 Å². The van der Waals surface area contributed by atoms with E-state index < -0.39 is 0 Å². The van der Waals surface area contributed by atoms with E-state index in [9.17, 15) is 0 Å². The van der Waals surface area contributed by atoms with Gasteiger partial charge < -0.3 is 11.5 Å². The van der Waals surface area contributed by atoms with Gasteiger partial charge in [-0.1, -0.05) is 12.8 Å². The molecule has 0 spiro atoms. The van der Waals surface area contributed by atoms with Gasteiger partial charge in [0.25, 0.3) is 0 Å². The van der Waals surface area contributed by atoms with Crippen molar-refractivity contribution in [3.05, 3.63) is 0 Å². The second kappa shape index (κ2) is 6.92. The van der Waals surface area contributed by atoms with Crippen molar-refractivity contribution in [1.82, 2.24) is 0 Å². The van der Waals surface area contributed by atoms with Gasteiger partial charge in [-0.3, -0.25) is 0 Å². The highest BCUT2D eigenvalue weighted by atomic mass is 14.8. The highest BCUT2D eigenvalue weighted by molar-refractivity contribution is 4.43. The minimum Gasteiger partial charge on any atom is -0.330 e. The van der Waals surface area contributed by atoms with E-state index in [-0.39, 0.29) is 0 Å². The Balaban J connectivity index is 2.53. The van der Waals surface area contributed by atoms with E-state index in [1.165, 1.54) is 12.8 Å². The molecule has 0 aliphatic rings. The summed E-state index contributed by atoms with van der Waals surface area (Å²) in [5.41, 5.74) is 10.6. The molecule has 0 fully saturated rings. The third-order valence-electron chi connectivity index (χ3n) is 1.16. The average Bonchev–Trinajstić information content (AvgIpc) is 1.81. The smallest absolute Gasteiger partial charge is 0.00773 e. The molecule has 0 heterocycles. The molecule has 0 saturated heterocycles. The van der Waals surface area contributed by atoms with Crippen LogP contribution in [0.3, 0.4) is 0 Å². The highest BCUT2D eigenvalue weighted by Crippen LogP contribution is 1.95. The molecule has 0 saturated carbocycles. The first kappa shape index (κ1) is 7.92. The van der Waals surface area contributed by atoms with Crippen LogP contribution in [0.2, 0.25) is 0 Å². The normalized spacial score (nSPS) is 9.75. The molecule has 0 atom stereocenters. The summed E-state index contributed by atoms with van der Waals surface area (Å²) in [7, 11) is 0. The molecular weight excluding hydrogens is 102 g/mol. The van der Waals surface area contributed by atoms with E-state index in [0.29, 0.717) is 0 Å². The molecule has 0 rings (SSSR count). The Bertz CT molecular complexity index is 31.5. The van der Waals surface area contributed by atoms with Gasteiger partial charge in [0.2, 0.25) is 0 Å². The third kappa shape index (κ3) is 5.92. The van der Waals surface area contributed by atoms with Crippen molar-refractivity contribution >= 4 is 0 Å². The molecule has 0 bridgehead atoms. The third-order valence-corrected chi connectivity index (χ3v) is 1.16. The summed E-state index contributed by atoms with van der Waals surface area (Å²) in [6.45, 7) is 1.65. The molecule has 4 N–H and O–H groups in total. The molecule has 0 aromatic rings. The lowest BCUT2D eigenvalue weighted by atomic mass is 10.3. The lowest BCUT2D eigenvalue weighted by Crippen LogP contribution is -2.00. The fourth-order valence-corrected chi connectivity index (χ4v) is 0.642. The minimum atomic E-state index is 0.824. The Hall–Kier alpha value is -0.0800. The highest BCUT2D eigenvalue weighted by Gasteiger charge is 1.83. The maximum absolute atomic E-state index is 5.28. The van der Waals surface area contributed by atoms with Crippen molar-refractivity contribution in [2.75, 3.05) is 13.1 Å². The van der Waals surface area contributed by atoms with Gasteiger partial charge in [-0.25, -0.2) is 0 Å². The molecule has 0 aromatic carbocycles. The molecule has 2 heteroatoms. The van der Waals surface area contributed by atoms with E-state index in [0.717, 1.165) is 25.9 Å². The van der Waals surface area contributed by atoms with Crippen LogP contribution in [-0.4, -0.2) is 13.1 Å². The molecule has 0 aliphatic carbocycles. The van der Waals surface area contributed by atoms with Crippen LogP contribution in [0.1, 0.15) is 25.7 Å². The molecule has 0 amide bonds. The summed E-state index contributed by atoms with van der Waals surface area (Å²) in [5, 5.41) is 0. The molecule has 8 heavy (non-hydrogen) atoms. The monoisotopic (exact) mass is 118 g/mol. The Kier molecular flexibility index (Phi) is 6.85. The van der Waals surface area contributed by atoms with Gasteiger partial charge in [0.1, 0.15) is 0 Å². The Morgan fingerprint density at radius 1 is 0.625 bits per heavy atom. The minimum absolute atomic E-state index is 0.824. The zero-order chi connectivity index (χ0) is 6.24. The van der Waals surface area contributed by atoms with Crippen LogP contribution in [0.4, 0.5) is 0 Å². The quantitative estimate of drug-likeness (QED) is 0.407. The van der Waals surface area contributed by atoms with Crippen LogP contribution in [0, 0.1) is 0 Å². The topological polar surface area (TPSA) is 52.0 Å². The van der Waals surface area contributed by atoms with Gasteiger partial charge in [-0.05, 0) is 25.9 Å². The number of hydrogen-bond donors (Lipinski definition) is 2. The molecule has 0 aliphatic heterocycles. The predicted molar refractivity (Wildman–Crippen MR) is 36.6 cm³/mol. The summed E-state index contributed by atoms with van der Waals surface area (Å²) in [6, 6.07) is 0. The van der Waals surface area contributed by atoms with Gasteiger partial charge >= 0.3 is 0 Å². The molecule has 50 valence electrons. The SMILES string of the molecule is N[13CH2]CCCC[13CH2]N. The maximum Gasteiger partial charge on any atom is -0.00773 e. The zero-order valence-electron chi connectivity index (χ0n) is 5.40. The first-order valence-corrected chi connectivity index (χ1v) is 3.32. The number of hydrogen-bond acceptors (Lipinski definition) is 2. The van der Waals surface area contributed by atoms with Crippen LogP contribution in [0.25, 0.3) is 0 Å². The van der Waals surface area contributed by atoms with Crippen molar-refractivity contribution in [2.45, 2.75) is 25.7 Å². The summed E-state index contributed by atoms with van der Waals surface area (Å²) in [5.74, 6) is 0. The van der Waals surface area contributed by atoms with Crippen molar-refractivity contribution in [3.8, 4) is 0 Å².